The standard InChI is InChI=1S/C12H14ClFN2O/c1-8(2)6-12(17)16-15-7-9-10(13)4-3-5-11(9)14/h3-5,7-8H,6H2,1-2H3,(H,16,17)/b15-7+. The largest absolute Gasteiger partial charge is 0.273 e. The van der Waals surface area contributed by atoms with Crippen LogP contribution in [0.1, 0.15) is 25.8 Å². The average molecular weight is 257 g/mol. The molecule has 17 heavy (non-hydrogen) atoms. The first-order chi connectivity index (χ1) is 8.00. The zero-order valence-electron chi connectivity index (χ0n) is 9.71. The van der Waals surface area contributed by atoms with Crippen LogP contribution in [0, 0.1) is 11.7 Å². The van der Waals surface area contributed by atoms with Crippen LogP contribution < -0.4 is 5.43 Å². The molecule has 0 heterocycles. The van der Waals surface area contributed by atoms with Crippen LogP contribution in [-0.2, 0) is 4.79 Å². The summed E-state index contributed by atoms with van der Waals surface area (Å²) in [5.74, 6) is -0.426. The highest BCUT2D eigenvalue weighted by atomic mass is 35.5. The van der Waals surface area contributed by atoms with Crippen molar-refractivity contribution in [1.82, 2.24) is 5.43 Å². The van der Waals surface area contributed by atoms with E-state index >= 15 is 0 Å². The van der Waals surface area contributed by atoms with Crippen molar-refractivity contribution in [2.75, 3.05) is 0 Å². The number of hydrazone groups is 1. The molecule has 0 aliphatic heterocycles. The highest BCUT2D eigenvalue weighted by Gasteiger charge is 2.05. The monoisotopic (exact) mass is 256 g/mol. The molecule has 0 radical (unpaired) electrons. The van der Waals surface area contributed by atoms with E-state index in [-0.39, 0.29) is 22.4 Å². The summed E-state index contributed by atoms with van der Waals surface area (Å²) in [4.78, 5) is 11.3. The quantitative estimate of drug-likeness (QED) is 0.653. The number of halogens is 2. The van der Waals surface area contributed by atoms with Gasteiger partial charge in [-0.25, -0.2) is 9.82 Å². The fraction of sp³-hybridized carbons (Fsp3) is 0.333. The van der Waals surface area contributed by atoms with E-state index in [0.717, 1.165) is 0 Å². The Morgan fingerprint density at radius 3 is 2.88 bits per heavy atom. The molecule has 1 aromatic carbocycles. The summed E-state index contributed by atoms with van der Waals surface area (Å²) < 4.78 is 13.3. The third-order valence-corrected chi connectivity index (χ3v) is 2.31. The van der Waals surface area contributed by atoms with Gasteiger partial charge in [-0.15, -0.1) is 0 Å². The van der Waals surface area contributed by atoms with Gasteiger partial charge in [-0.3, -0.25) is 4.79 Å². The average Bonchev–Trinajstić information content (AvgIpc) is 2.21. The van der Waals surface area contributed by atoms with E-state index in [2.05, 4.69) is 10.5 Å². The predicted molar refractivity (Wildman–Crippen MR) is 66.6 cm³/mol. The second-order valence-electron chi connectivity index (χ2n) is 4.03. The molecular weight excluding hydrogens is 243 g/mol. The molecule has 0 saturated carbocycles. The van der Waals surface area contributed by atoms with Crippen LogP contribution in [0.3, 0.4) is 0 Å². The van der Waals surface area contributed by atoms with E-state index in [4.69, 9.17) is 11.6 Å². The van der Waals surface area contributed by atoms with Gasteiger partial charge in [0, 0.05) is 12.0 Å². The summed E-state index contributed by atoms with van der Waals surface area (Å²) in [5, 5.41) is 3.92. The minimum absolute atomic E-state index is 0.166. The molecule has 0 spiro atoms. The molecule has 0 saturated heterocycles. The Morgan fingerprint density at radius 2 is 2.29 bits per heavy atom. The molecule has 1 N–H and O–H groups in total. The lowest BCUT2D eigenvalue weighted by Crippen LogP contribution is -2.19. The van der Waals surface area contributed by atoms with E-state index in [1.807, 2.05) is 13.8 Å². The lowest BCUT2D eigenvalue weighted by atomic mass is 10.1. The molecule has 0 bridgehead atoms. The molecular formula is C12H14ClFN2O. The normalized spacial score (nSPS) is 11.1. The van der Waals surface area contributed by atoms with Crippen LogP contribution in [0.4, 0.5) is 4.39 Å². The predicted octanol–water partition coefficient (Wildman–Crippen LogP) is 2.98. The molecule has 1 amide bonds. The third-order valence-electron chi connectivity index (χ3n) is 1.98. The maximum Gasteiger partial charge on any atom is 0.240 e. The second-order valence-corrected chi connectivity index (χ2v) is 4.43. The van der Waals surface area contributed by atoms with Crippen LogP contribution in [0.5, 0.6) is 0 Å². The van der Waals surface area contributed by atoms with Crippen molar-refractivity contribution in [1.29, 1.82) is 0 Å². The zero-order chi connectivity index (χ0) is 12.8. The van der Waals surface area contributed by atoms with Gasteiger partial charge in [-0.1, -0.05) is 31.5 Å². The molecule has 1 aromatic rings. The highest BCUT2D eigenvalue weighted by molar-refractivity contribution is 6.33. The number of carbonyl (C=O) groups excluding carboxylic acids is 1. The Bertz CT molecular complexity index is 412. The van der Waals surface area contributed by atoms with Crippen molar-refractivity contribution in [3.8, 4) is 0 Å². The SMILES string of the molecule is CC(C)CC(=O)N/N=C/c1c(F)cccc1Cl. The van der Waals surface area contributed by atoms with E-state index in [0.29, 0.717) is 6.42 Å². The number of hydrogen-bond acceptors (Lipinski definition) is 2. The van der Waals surface area contributed by atoms with Crippen molar-refractivity contribution in [3.63, 3.8) is 0 Å². The third kappa shape index (κ3) is 4.53. The molecule has 0 fully saturated rings. The minimum Gasteiger partial charge on any atom is -0.273 e. The van der Waals surface area contributed by atoms with Gasteiger partial charge in [0.2, 0.25) is 5.91 Å². The second kappa shape index (κ2) is 6.35. The van der Waals surface area contributed by atoms with Crippen molar-refractivity contribution in [2.24, 2.45) is 11.0 Å². The number of amides is 1. The van der Waals surface area contributed by atoms with Gasteiger partial charge in [0.1, 0.15) is 5.82 Å². The van der Waals surface area contributed by atoms with E-state index in [1.54, 1.807) is 6.07 Å². The number of rotatable bonds is 4. The molecule has 3 nitrogen and oxygen atoms in total. The maximum absolute atomic E-state index is 13.3. The number of nitrogens with zero attached hydrogens (tertiary/aromatic N) is 1. The Labute approximate surface area is 105 Å². The maximum atomic E-state index is 13.3. The van der Waals surface area contributed by atoms with Crippen LogP contribution in [0.2, 0.25) is 5.02 Å². The Hall–Kier alpha value is -1.42. The molecule has 0 aliphatic carbocycles. The van der Waals surface area contributed by atoms with Gasteiger partial charge in [0.05, 0.1) is 11.2 Å². The first-order valence-electron chi connectivity index (χ1n) is 5.26. The molecule has 5 heteroatoms. The minimum atomic E-state index is -0.473. The fourth-order valence-electron chi connectivity index (χ4n) is 1.22. The van der Waals surface area contributed by atoms with Crippen molar-refractivity contribution >= 4 is 23.7 Å². The van der Waals surface area contributed by atoms with E-state index < -0.39 is 5.82 Å². The van der Waals surface area contributed by atoms with E-state index in [9.17, 15) is 9.18 Å². The van der Waals surface area contributed by atoms with Gasteiger partial charge in [-0.05, 0) is 18.1 Å². The Morgan fingerprint density at radius 1 is 1.59 bits per heavy atom. The first kappa shape index (κ1) is 13.6. The van der Waals surface area contributed by atoms with Crippen LogP contribution >= 0.6 is 11.6 Å². The smallest absolute Gasteiger partial charge is 0.240 e. The summed E-state index contributed by atoms with van der Waals surface area (Å²) in [6, 6.07) is 4.34. The van der Waals surface area contributed by atoms with Crippen LogP contribution in [-0.4, -0.2) is 12.1 Å². The lowest BCUT2D eigenvalue weighted by molar-refractivity contribution is -0.121. The summed E-state index contributed by atoms with van der Waals surface area (Å²) >= 11 is 5.79. The van der Waals surface area contributed by atoms with Gasteiger partial charge in [-0.2, -0.15) is 5.10 Å². The molecule has 1 rings (SSSR count). The molecule has 0 aromatic heterocycles. The zero-order valence-corrected chi connectivity index (χ0v) is 10.5. The highest BCUT2D eigenvalue weighted by Crippen LogP contribution is 2.16. The number of carbonyl (C=O) groups is 1. The summed E-state index contributed by atoms with van der Waals surface area (Å²) in [7, 11) is 0. The number of nitrogens with one attached hydrogen (secondary N) is 1. The van der Waals surface area contributed by atoms with Gasteiger partial charge in [0.25, 0.3) is 0 Å². The fourth-order valence-corrected chi connectivity index (χ4v) is 1.43. The summed E-state index contributed by atoms with van der Waals surface area (Å²) in [6.07, 6.45) is 1.58. The van der Waals surface area contributed by atoms with Crippen LogP contribution in [0.25, 0.3) is 0 Å². The summed E-state index contributed by atoms with van der Waals surface area (Å²) in [6.45, 7) is 3.86. The number of hydrogen-bond donors (Lipinski definition) is 1. The molecule has 0 unspecified atom stereocenters. The van der Waals surface area contributed by atoms with Crippen LogP contribution in [0.15, 0.2) is 23.3 Å². The van der Waals surface area contributed by atoms with Crippen molar-refractivity contribution in [3.05, 3.63) is 34.6 Å². The topological polar surface area (TPSA) is 41.5 Å². The van der Waals surface area contributed by atoms with Crippen molar-refractivity contribution in [2.45, 2.75) is 20.3 Å². The number of benzene rings is 1. The van der Waals surface area contributed by atoms with Gasteiger partial charge in [0.15, 0.2) is 0 Å². The van der Waals surface area contributed by atoms with Crippen molar-refractivity contribution < 1.29 is 9.18 Å². The first-order valence-corrected chi connectivity index (χ1v) is 5.64. The molecule has 0 aliphatic rings. The molecule has 92 valence electrons. The van der Waals surface area contributed by atoms with Gasteiger partial charge >= 0.3 is 0 Å². The van der Waals surface area contributed by atoms with Gasteiger partial charge < -0.3 is 0 Å². The Balaban J connectivity index is 2.63. The lowest BCUT2D eigenvalue weighted by Gasteiger charge is -2.02. The molecule has 0 atom stereocenters. The summed E-state index contributed by atoms with van der Waals surface area (Å²) in [5.41, 5.74) is 2.49. The van der Waals surface area contributed by atoms with E-state index in [1.165, 1.54) is 18.3 Å². The Kier molecular flexibility index (Phi) is 5.10.